The minimum Gasteiger partial charge on any atom is -0.398 e. The Balaban J connectivity index is 0.00000208. The number of hydrogen-bond acceptors (Lipinski definition) is 3. The Labute approximate surface area is 150 Å². The molecule has 0 saturated heterocycles. The highest BCUT2D eigenvalue weighted by Gasteiger charge is 2.29. The fourth-order valence-electron chi connectivity index (χ4n) is 3.11. The van der Waals surface area contributed by atoms with Crippen molar-refractivity contribution in [3.63, 3.8) is 0 Å². The number of nitrogens with two attached hydrogens (primary N) is 1. The van der Waals surface area contributed by atoms with Gasteiger partial charge >= 0.3 is 0 Å². The Morgan fingerprint density at radius 3 is 2.50 bits per heavy atom. The lowest BCUT2D eigenvalue weighted by Crippen LogP contribution is -2.35. The van der Waals surface area contributed by atoms with E-state index in [0.29, 0.717) is 22.8 Å². The zero-order valence-corrected chi connectivity index (χ0v) is 15.4. The number of sulfonamides is 1. The lowest BCUT2D eigenvalue weighted by Gasteiger charge is -2.31. The first-order valence-electron chi connectivity index (χ1n) is 8.03. The van der Waals surface area contributed by atoms with Crippen molar-refractivity contribution >= 4 is 33.8 Å². The predicted octanol–water partition coefficient (Wildman–Crippen LogP) is 3.78. The smallest absolute Gasteiger partial charge is 0.264 e. The van der Waals surface area contributed by atoms with E-state index in [1.165, 1.54) is 4.31 Å². The fourth-order valence-corrected chi connectivity index (χ4v) is 4.65. The zero-order valence-electron chi connectivity index (χ0n) is 13.7. The van der Waals surface area contributed by atoms with Crippen molar-refractivity contribution in [1.82, 2.24) is 0 Å². The molecule has 4 nitrogen and oxygen atoms in total. The summed E-state index contributed by atoms with van der Waals surface area (Å²) >= 11 is 0. The van der Waals surface area contributed by atoms with Gasteiger partial charge in [0.2, 0.25) is 0 Å². The van der Waals surface area contributed by atoms with Gasteiger partial charge in [-0.25, -0.2) is 8.42 Å². The normalized spacial score (nSPS) is 14.0. The van der Waals surface area contributed by atoms with Crippen LogP contribution in [0.4, 0.5) is 11.4 Å². The second kappa shape index (κ2) is 7.45. The standard InChI is InChI=1S/C18H22N2O2S.ClH/c1-2-5-14-9-11-15(12-10-14)23(21,22)20-13-4-6-16-17(19)7-3-8-18(16)20;/h3,7-12H,2,4-6,13,19H2,1H3;1H. The first-order valence-corrected chi connectivity index (χ1v) is 9.47. The quantitative estimate of drug-likeness (QED) is 0.837. The Hall–Kier alpha value is -1.72. The molecule has 0 bridgehead atoms. The second-order valence-corrected chi connectivity index (χ2v) is 7.78. The van der Waals surface area contributed by atoms with Gasteiger partial charge in [0.15, 0.2) is 0 Å². The summed E-state index contributed by atoms with van der Waals surface area (Å²) in [7, 11) is -3.55. The molecule has 0 aliphatic carbocycles. The summed E-state index contributed by atoms with van der Waals surface area (Å²) in [6.45, 7) is 2.61. The molecule has 3 rings (SSSR count). The van der Waals surface area contributed by atoms with E-state index >= 15 is 0 Å². The molecule has 0 aromatic heterocycles. The number of anilines is 2. The Kier molecular flexibility index (Phi) is 5.78. The summed E-state index contributed by atoms with van der Waals surface area (Å²) in [5.41, 5.74) is 9.50. The van der Waals surface area contributed by atoms with Crippen LogP contribution in [0.3, 0.4) is 0 Å². The molecule has 2 aromatic rings. The Bertz CT molecular complexity index is 804. The molecule has 0 radical (unpaired) electrons. The maximum Gasteiger partial charge on any atom is 0.264 e. The summed E-state index contributed by atoms with van der Waals surface area (Å²) in [4.78, 5) is 0.340. The maximum atomic E-state index is 13.0. The van der Waals surface area contributed by atoms with Gasteiger partial charge in [0.1, 0.15) is 0 Å². The molecule has 0 unspecified atom stereocenters. The molecule has 0 amide bonds. The first-order chi connectivity index (χ1) is 11.0. The first kappa shape index (κ1) is 18.6. The van der Waals surface area contributed by atoms with Crippen molar-refractivity contribution in [3.8, 4) is 0 Å². The van der Waals surface area contributed by atoms with Gasteiger partial charge in [0, 0.05) is 12.2 Å². The van der Waals surface area contributed by atoms with E-state index in [1.807, 2.05) is 30.3 Å². The third kappa shape index (κ3) is 3.37. The van der Waals surface area contributed by atoms with Crippen molar-refractivity contribution in [2.45, 2.75) is 37.5 Å². The molecule has 1 aliphatic heterocycles. The summed E-state index contributed by atoms with van der Waals surface area (Å²) < 4.78 is 27.5. The van der Waals surface area contributed by atoms with E-state index in [-0.39, 0.29) is 12.4 Å². The number of halogens is 1. The Morgan fingerprint density at radius 1 is 1.12 bits per heavy atom. The molecule has 2 aromatic carbocycles. The highest BCUT2D eigenvalue weighted by atomic mass is 35.5. The largest absolute Gasteiger partial charge is 0.398 e. The van der Waals surface area contributed by atoms with Gasteiger partial charge in [0.25, 0.3) is 10.0 Å². The van der Waals surface area contributed by atoms with Gasteiger partial charge in [-0.1, -0.05) is 31.5 Å². The third-order valence-corrected chi connectivity index (χ3v) is 6.12. The van der Waals surface area contributed by atoms with Gasteiger partial charge in [-0.05, 0) is 54.7 Å². The average molecular weight is 367 g/mol. The molecule has 0 spiro atoms. The fraction of sp³-hybridized carbons (Fsp3) is 0.333. The molecule has 24 heavy (non-hydrogen) atoms. The number of nitrogen functional groups attached to an aromatic ring is 1. The van der Waals surface area contributed by atoms with Crippen LogP contribution in [0, 0.1) is 0 Å². The van der Waals surface area contributed by atoms with Gasteiger partial charge < -0.3 is 5.73 Å². The SMILES string of the molecule is CCCc1ccc(S(=O)(=O)N2CCCc3c(N)cccc32)cc1.Cl. The van der Waals surface area contributed by atoms with Gasteiger partial charge in [-0.15, -0.1) is 12.4 Å². The molecular weight excluding hydrogens is 344 g/mol. The molecule has 0 saturated carbocycles. The summed E-state index contributed by atoms with van der Waals surface area (Å²) in [6.07, 6.45) is 3.62. The van der Waals surface area contributed by atoms with E-state index in [9.17, 15) is 8.42 Å². The molecular formula is C18H23ClN2O2S. The monoisotopic (exact) mass is 366 g/mol. The minimum atomic E-state index is -3.55. The van der Waals surface area contributed by atoms with Crippen molar-refractivity contribution in [1.29, 1.82) is 0 Å². The van der Waals surface area contributed by atoms with Crippen LogP contribution in [0.2, 0.25) is 0 Å². The molecule has 0 atom stereocenters. The molecule has 130 valence electrons. The van der Waals surface area contributed by atoms with Crippen LogP contribution in [0.15, 0.2) is 47.4 Å². The number of rotatable bonds is 4. The lowest BCUT2D eigenvalue weighted by atomic mass is 10.0. The lowest BCUT2D eigenvalue weighted by molar-refractivity contribution is 0.586. The van der Waals surface area contributed by atoms with Crippen LogP contribution in [0.25, 0.3) is 0 Å². The van der Waals surface area contributed by atoms with E-state index in [1.54, 1.807) is 12.1 Å². The average Bonchev–Trinajstić information content (AvgIpc) is 2.55. The van der Waals surface area contributed by atoms with Gasteiger partial charge in [-0.2, -0.15) is 0 Å². The molecule has 1 aliphatic rings. The number of benzene rings is 2. The third-order valence-electron chi connectivity index (χ3n) is 4.29. The molecule has 1 heterocycles. The number of aryl methyl sites for hydroxylation is 1. The van der Waals surface area contributed by atoms with E-state index < -0.39 is 10.0 Å². The molecule has 6 heteroatoms. The van der Waals surface area contributed by atoms with Crippen molar-refractivity contribution in [2.24, 2.45) is 0 Å². The zero-order chi connectivity index (χ0) is 16.4. The summed E-state index contributed by atoms with van der Waals surface area (Å²) in [5.74, 6) is 0. The highest BCUT2D eigenvalue weighted by Crippen LogP contribution is 2.34. The van der Waals surface area contributed by atoms with Crippen LogP contribution in [-0.2, 0) is 22.9 Å². The van der Waals surface area contributed by atoms with E-state index in [4.69, 9.17) is 5.73 Å². The van der Waals surface area contributed by atoms with Gasteiger partial charge in [0.05, 0.1) is 10.6 Å². The molecule has 0 fully saturated rings. The van der Waals surface area contributed by atoms with Crippen molar-refractivity contribution in [3.05, 3.63) is 53.6 Å². The topological polar surface area (TPSA) is 63.4 Å². The van der Waals surface area contributed by atoms with Crippen LogP contribution >= 0.6 is 12.4 Å². The highest BCUT2D eigenvalue weighted by molar-refractivity contribution is 7.92. The number of nitrogens with zero attached hydrogens (tertiary/aromatic N) is 1. The van der Waals surface area contributed by atoms with Gasteiger partial charge in [-0.3, -0.25) is 4.31 Å². The number of hydrogen-bond donors (Lipinski definition) is 1. The number of fused-ring (bicyclic) bond motifs is 1. The van der Waals surface area contributed by atoms with E-state index in [0.717, 1.165) is 36.8 Å². The minimum absolute atomic E-state index is 0. The predicted molar refractivity (Wildman–Crippen MR) is 101 cm³/mol. The van der Waals surface area contributed by atoms with Crippen LogP contribution in [0.1, 0.15) is 30.9 Å². The van der Waals surface area contributed by atoms with Crippen molar-refractivity contribution < 1.29 is 8.42 Å². The molecule has 2 N–H and O–H groups in total. The summed E-state index contributed by atoms with van der Waals surface area (Å²) in [6, 6.07) is 12.7. The van der Waals surface area contributed by atoms with Crippen molar-refractivity contribution in [2.75, 3.05) is 16.6 Å². The van der Waals surface area contributed by atoms with E-state index in [2.05, 4.69) is 6.92 Å². The Morgan fingerprint density at radius 2 is 1.83 bits per heavy atom. The van der Waals surface area contributed by atoms with Crippen LogP contribution in [0.5, 0.6) is 0 Å². The summed E-state index contributed by atoms with van der Waals surface area (Å²) in [5, 5.41) is 0. The second-order valence-electron chi connectivity index (χ2n) is 5.92. The van der Waals surface area contributed by atoms with Crippen LogP contribution < -0.4 is 10.0 Å². The van der Waals surface area contributed by atoms with Crippen LogP contribution in [-0.4, -0.2) is 15.0 Å². The maximum absolute atomic E-state index is 13.0.